The van der Waals surface area contributed by atoms with Gasteiger partial charge in [-0.3, -0.25) is 9.88 Å². The second-order valence-corrected chi connectivity index (χ2v) is 7.13. The van der Waals surface area contributed by atoms with Crippen LogP contribution in [0, 0.1) is 0 Å². The van der Waals surface area contributed by atoms with Crippen LogP contribution in [0.25, 0.3) is 0 Å². The molecule has 0 aromatic carbocycles. The van der Waals surface area contributed by atoms with E-state index in [2.05, 4.69) is 26.2 Å². The van der Waals surface area contributed by atoms with E-state index in [1.807, 2.05) is 18.3 Å². The maximum absolute atomic E-state index is 12.6. The molecule has 1 saturated carbocycles. The third-order valence-corrected chi connectivity index (χ3v) is 5.73. The first-order valence-electron chi connectivity index (χ1n) is 9.02. The lowest BCUT2D eigenvalue weighted by Crippen LogP contribution is -2.47. The average Bonchev–Trinajstić information content (AvgIpc) is 3.27. The minimum atomic E-state index is 0.170. The summed E-state index contributed by atoms with van der Waals surface area (Å²) in [6.07, 6.45) is 8.87. The maximum atomic E-state index is 12.6. The van der Waals surface area contributed by atoms with Crippen molar-refractivity contribution in [1.82, 2.24) is 20.1 Å². The van der Waals surface area contributed by atoms with Crippen LogP contribution in [0.3, 0.4) is 0 Å². The molecule has 23 heavy (non-hydrogen) atoms. The van der Waals surface area contributed by atoms with E-state index in [4.69, 9.17) is 0 Å². The van der Waals surface area contributed by atoms with E-state index >= 15 is 0 Å². The van der Waals surface area contributed by atoms with Gasteiger partial charge in [0.15, 0.2) is 0 Å². The zero-order valence-electron chi connectivity index (χ0n) is 13.7. The Morgan fingerprint density at radius 1 is 1.13 bits per heavy atom. The lowest BCUT2D eigenvalue weighted by atomic mass is 10.1. The first-order valence-corrected chi connectivity index (χ1v) is 9.02. The highest BCUT2D eigenvalue weighted by atomic mass is 16.2. The van der Waals surface area contributed by atoms with E-state index in [9.17, 15) is 4.79 Å². The van der Waals surface area contributed by atoms with E-state index in [0.717, 1.165) is 51.0 Å². The van der Waals surface area contributed by atoms with Crippen LogP contribution in [0.5, 0.6) is 0 Å². The maximum Gasteiger partial charge on any atom is 0.317 e. The number of rotatable bonds is 3. The van der Waals surface area contributed by atoms with Gasteiger partial charge in [-0.15, -0.1) is 0 Å². The van der Waals surface area contributed by atoms with Crippen molar-refractivity contribution in [1.29, 1.82) is 0 Å². The number of nitrogens with zero attached hydrogens (tertiary/aromatic N) is 3. The van der Waals surface area contributed by atoms with Crippen LogP contribution in [0.4, 0.5) is 4.79 Å². The highest BCUT2D eigenvalue weighted by molar-refractivity contribution is 5.75. The molecule has 0 unspecified atom stereocenters. The molecule has 0 bridgehead atoms. The Bertz CT molecular complexity index is 543. The van der Waals surface area contributed by atoms with Gasteiger partial charge in [0.05, 0.1) is 11.7 Å². The van der Waals surface area contributed by atoms with E-state index in [1.165, 1.54) is 12.8 Å². The number of carbonyl (C=O) groups is 1. The lowest BCUT2D eigenvalue weighted by molar-refractivity contribution is 0.183. The van der Waals surface area contributed by atoms with Gasteiger partial charge in [-0.1, -0.05) is 18.9 Å². The quantitative estimate of drug-likeness (QED) is 0.932. The van der Waals surface area contributed by atoms with Crippen molar-refractivity contribution in [3.63, 3.8) is 0 Å². The SMILES string of the molecule is O=C(NC1CCCC1)N1CC[C@@H]2[C@@H]1CCN2Cc1ccccn1. The van der Waals surface area contributed by atoms with E-state index in [-0.39, 0.29) is 6.03 Å². The molecule has 0 radical (unpaired) electrons. The summed E-state index contributed by atoms with van der Waals surface area (Å²) in [6, 6.07) is 7.57. The predicted molar refractivity (Wildman–Crippen MR) is 89.0 cm³/mol. The zero-order valence-corrected chi connectivity index (χ0v) is 13.7. The van der Waals surface area contributed by atoms with Gasteiger partial charge < -0.3 is 10.2 Å². The number of amides is 2. The average molecular weight is 314 g/mol. The van der Waals surface area contributed by atoms with Crippen LogP contribution >= 0.6 is 0 Å². The smallest absolute Gasteiger partial charge is 0.317 e. The first-order chi connectivity index (χ1) is 11.3. The highest BCUT2D eigenvalue weighted by Gasteiger charge is 2.44. The van der Waals surface area contributed by atoms with Gasteiger partial charge in [0.1, 0.15) is 0 Å². The number of aromatic nitrogens is 1. The molecule has 2 amide bonds. The number of hydrogen-bond acceptors (Lipinski definition) is 3. The standard InChI is InChI=1S/C18H26N4O/c23-18(20-14-5-1-2-6-14)22-12-9-16-17(22)8-11-21(16)13-15-7-3-4-10-19-15/h3-4,7,10,14,16-17H,1-2,5-6,8-9,11-13H2,(H,20,23)/t16-,17+/m1/s1. The lowest BCUT2D eigenvalue weighted by Gasteiger charge is -2.27. The molecule has 4 rings (SSSR count). The number of pyridine rings is 1. The fourth-order valence-corrected chi connectivity index (χ4v) is 4.55. The Kier molecular flexibility index (Phi) is 4.21. The minimum absolute atomic E-state index is 0.170. The number of nitrogens with one attached hydrogen (secondary N) is 1. The molecule has 2 saturated heterocycles. The van der Waals surface area contributed by atoms with Crippen molar-refractivity contribution in [2.75, 3.05) is 13.1 Å². The third kappa shape index (κ3) is 3.07. The van der Waals surface area contributed by atoms with Gasteiger partial charge in [-0.05, 0) is 37.8 Å². The molecule has 1 aliphatic carbocycles. The van der Waals surface area contributed by atoms with E-state index < -0.39 is 0 Å². The topological polar surface area (TPSA) is 48.5 Å². The Morgan fingerprint density at radius 3 is 2.74 bits per heavy atom. The molecule has 1 aromatic heterocycles. The fourth-order valence-electron chi connectivity index (χ4n) is 4.55. The Hall–Kier alpha value is -1.62. The minimum Gasteiger partial charge on any atom is -0.335 e. The molecule has 3 fully saturated rings. The van der Waals surface area contributed by atoms with Crippen LogP contribution in [0.2, 0.25) is 0 Å². The summed E-state index contributed by atoms with van der Waals surface area (Å²) in [5.74, 6) is 0. The van der Waals surface area contributed by atoms with E-state index in [0.29, 0.717) is 18.1 Å². The van der Waals surface area contributed by atoms with Gasteiger partial charge in [0.25, 0.3) is 0 Å². The summed E-state index contributed by atoms with van der Waals surface area (Å²) in [4.78, 5) is 21.6. The van der Waals surface area contributed by atoms with Crippen molar-refractivity contribution < 1.29 is 4.79 Å². The van der Waals surface area contributed by atoms with Gasteiger partial charge in [-0.25, -0.2) is 4.79 Å². The molecule has 2 atom stereocenters. The number of hydrogen-bond donors (Lipinski definition) is 1. The summed E-state index contributed by atoms with van der Waals surface area (Å²) >= 11 is 0. The molecule has 0 spiro atoms. The summed E-state index contributed by atoms with van der Waals surface area (Å²) in [6.45, 7) is 2.87. The summed E-state index contributed by atoms with van der Waals surface area (Å²) in [5, 5.41) is 3.25. The van der Waals surface area contributed by atoms with Crippen LogP contribution in [0.1, 0.15) is 44.2 Å². The van der Waals surface area contributed by atoms with Crippen molar-refractivity contribution in [2.45, 2.75) is 63.2 Å². The van der Waals surface area contributed by atoms with Crippen LogP contribution in [-0.2, 0) is 6.54 Å². The predicted octanol–water partition coefficient (Wildman–Crippen LogP) is 2.38. The van der Waals surface area contributed by atoms with Gasteiger partial charge in [0.2, 0.25) is 0 Å². The van der Waals surface area contributed by atoms with Crippen molar-refractivity contribution in [2.24, 2.45) is 0 Å². The van der Waals surface area contributed by atoms with Crippen molar-refractivity contribution in [3.05, 3.63) is 30.1 Å². The summed E-state index contributed by atoms with van der Waals surface area (Å²) in [5.41, 5.74) is 1.13. The number of likely N-dealkylation sites (tertiary alicyclic amines) is 2. The van der Waals surface area contributed by atoms with Crippen molar-refractivity contribution in [3.8, 4) is 0 Å². The van der Waals surface area contributed by atoms with Gasteiger partial charge in [-0.2, -0.15) is 0 Å². The van der Waals surface area contributed by atoms with Gasteiger partial charge >= 0.3 is 6.03 Å². The monoisotopic (exact) mass is 314 g/mol. The van der Waals surface area contributed by atoms with E-state index in [1.54, 1.807) is 0 Å². The molecule has 1 aromatic rings. The first kappa shape index (κ1) is 14.9. The second kappa shape index (κ2) is 6.48. The molecule has 124 valence electrons. The van der Waals surface area contributed by atoms with Crippen molar-refractivity contribution >= 4 is 6.03 Å². The van der Waals surface area contributed by atoms with Crippen LogP contribution in [-0.4, -0.2) is 52.0 Å². The molecule has 3 heterocycles. The molecule has 3 aliphatic rings. The molecular formula is C18H26N4O. The zero-order chi connectivity index (χ0) is 15.6. The molecule has 2 aliphatic heterocycles. The van der Waals surface area contributed by atoms with Crippen LogP contribution in [0.15, 0.2) is 24.4 Å². The normalized spacial score (nSPS) is 28.3. The molecule has 5 nitrogen and oxygen atoms in total. The Balaban J connectivity index is 1.36. The molecule has 5 heteroatoms. The number of carbonyl (C=O) groups excluding carboxylic acids is 1. The Labute approximate surface area is 138 Å². The number of fused-ring (bicyclic) bond motifs is 1. The third-order valence-electron chi connectivity index (χ3n) is 5.73. The fraction of sp³-hybridized carbons (Fsp3) is 0.667. The summed E-state index contributed by atoms with van der Waals surface area (Å²) < 4.78 is 0. The number of urea groups is 1. The molecular weight excluding hydrogens is 288 g/mol. The van der Waals surface area contributed by atoms with Crippen LogP contribution < -0.4 is 5.32 Å². The highest BCUT2D eigenvalue weighted by Crippen LogP contribution is 2.32. The molecule has 1 N–H and O–H groups in total. The second-order valence-electron chi connectivity index (χ2n) is 7.13. The Morgan fingerprint density at radius 2 is 1.96 bits per heavy atom. The largest absolute Gasteiger partial charge is 0.335 e. The summed E-state index contributed by atoms with van der Waals surface area (Å²) in [7, 11) is 0. The van der Waals surface area contributed by atoms with Gasteiger partial charge in [0, 0.05) is 37.9 Å².